The van der Waals surface area contributed by atoms with E-state index in [2.05, 4.69) is 68.6 Å². The van der Waals surface area contributed by atoms with Gasteiger partial charge in [-0.2, -0.15) is 0 Å². The van der Waals surface area contributed by atoms with Crippen molar-refractivity contribution in [2.24, 2.45) is 0 Å². The van der Waals surface area contributed by atoms with Gasteiger partial charge in [-0.25, -0.2) is 4.98 Å². The summed E-state index contributed by atoms with van der Waals surface area (Å²) >= 11 is 0. The largest absolute Gasteiger partial charge is 0.493 e. The molecule has 4 aromatic rings. The first kappa shape index (κ1) is 33.8. The van der Waals surface area contributed by atoms with E-state index >= 15 is 0 Å². The molecular formula is C38H49N5O5. The van der Waals surface area contributed by atoms with E-state index in [0.717, 1.165) is 69.0 Å². The molecule has 0 spiro atoms. The van der Waals surface area contributed by atoms with Gasteiger partial charge in [-0.3, -0.25) is 4.79 Å². The van der Waals surface area contributed by atoms with Crippen LogP contribution in [0, 0.1) is 0 Å². The number of piperidine rings is 1. The lowest BCUT2D eigenvalue weighted by Gasteiger charge is -2.36. The van der Waals surface area contributed by atoms with Gasteiger partial charge in [-0.1, -0.05) is 42.5 Å². The first-order valence-corrected chi connectivity index (χ1v) is 17.1. The molecule has 2 aliphatic rings. The van der Waals surface area contributed by atoms with Crippen LogP contribution >= 0.6 is 0 Å². The minimum Gasteiger partial charge on any atom is -0.493 e. The number of carbonyl (C=O) groups is 1. The highest BCUT2D eigenvalue weighted by Gasteiger charge is 2.44. The van der Waals surface area contributed by atoms with E-state index < -0.39 is 0 Å². The van der Waals surface area contributed by atoms with E-state index in [1.165, 1.54) is 5.56 Å². The summed E-state index contributed by atoms with van der Waals surface area (Å²) in [7, 11) is 4.69. The maximum Gasteiger partial charge on any atom is 0.204 e. The average molecular weight is 656 g/mol. The van der Waals surface area contributed by atoms with Crippen LogP contribution in [0.15, 0.2) is 66.7 Å². The Morgan fingerprint density at radius 3 is 2.42 bits per heavy atom. The third-order valence-corrected chi connectivity index (χ3v) is 10.1. The number of imidazole rings is 1. The molecule has 2 atom stereocenters. The number of fused-ring (bicyclic) bond motifs is 1. The number of methoxy groups -OCH3 is 3. The van der Waals surface area contributed by atoms with Crippen molar-refractivity contribution in [2.45, 2.75) is 56.7 Å². The molecule has 2 unspecified atom stereocenters. The Morgan fingerprint density at radius 1 is 0.938 bits per heavy atom. The maximum atomic E-state index is 14.0. The van der Waals surface area contributed by atoms with Crippen LogP contribution in [0.5, 0.6) is 17.2 Å². The number of nitrogens with zero attached hydrogens (tertiary/aromatic N) is 3. The van der Waals surface area contributed by atoms with Crippen molar-refractivity contribution < 1.29 is 23.7 Å². The second-order valence-electron chi connectivity index (χ2n) is 12.8. The van der Waals surface area contributed by atoms with E-state index in [-0.39, 0.29) is 17.2 Å². The van der Waals surface area contributed by atoms with Crippen LogP contribution in [-0.2, 0) is 16.7 Å². The van der Waals surface area contributed by atoms with Crippen molar-refractivity contribution >= 4 is 22.8 Å². The average Bonchev–Trinajstić information content (AvgIpc) is 3.73. The highest BCUT2D eigenvalue weighted by molar-refractivity contribution is 6.03. The molecule has 2 N–H and O–H groups in total. The molecule has 2 aliphatic heterocycles. The van der Waals surface area contributed by atoms with Gasteiger partial charge >= 0.3 is 0 Å². The molecule has 0 aliphatic carbocycles. The molecule has 0 radical (unpaired) electrons. The number of hydrogen-bond donors (Lipinski definition) is 2. The normalized spacial score (nSPS) is 20.2. The second-order valence-corrected chi connectivity index (χ2v) is 12.8. The summed E-state index contributed by atoms with van der Waals surface area (Å²) < 4.78 is 24.6. The molecule has 6 rings (SSSR count). The first-order valence-electron chi connectivity index (χ1n) is 17.1. The fourth-order valence-corrected chi connectivity index (χ4v) is 7.44. The lowest BCUT2D eigenvalue weighted by molar-refractivity contribution is 0.0944. The minimum absolute atomic E-state index is 0.00442. The predicted octanol–water partition coefficient (Wildman–Crippen LogP) is 5.55. The number of para-hydroxylation sites is 2. The summed E-state index contributed by atoms with van der Waals surface area (Å²) in [4.78, 5) is 21.5. The van der Waals surface area contributed by atoms with Crippen molar-refractivity contribution in [3.63, 3.8) is 0 Å². The molecule has 0 saturated carbocycles. The summed E-state index contributed by atoms with van der Waals surface area (Å²) in [5.41, 5.74) is 3.75. The van der Waals surface area contributed by atoms with E-state index in [9.17, 15) is 4.79 Å². The number of likely N-dealkylation sites (tertiary alicyclic amines) is 1. The van der Waals surface area contributed by atoms with E-state index in [1.54, 1.807) is 33.5 Å². The zero-order chi connectivity index (χ0) is 33.5. The number of rotatable bonds is 15. The number of ketones is 1. The molecule has 0 bridgehead atoms. The fraction of sp³-hybridized carbons (Fsp3) is 0.474. The van der Waals surface area contributed by atoms with Gasteiger partial charge in [0.15, 0.2) is 17.3 Å². The highest BCUT2D eigenvalue weighted by atomic mass is 16.5. The molecule has 2 saturated heterocycles. The molecular weight excluding hydrogens is 606 g/mol. The van der Waals surface area contributed by atoms with Gasteiger partial charge in [-0.05, 0) is 69.0 Å². The fourth-order valence-electron chi connectivity index (χ4n) is 7.44. The molecule has 1 aromatic heterocycles. The number of hydrogen-bond acceptors (Lipinski definition) is 9. The molecule has 10 heteroatoms. The van der Waals surface area contributed by atoms with Crippen molar-refractivity contribution in [2.75, 3.05) is 66.0 Å². The van der Waals surface area contributed by atoms with E-state index in [0.29, 0.717) is 48.5 Å². The number of aromatic nitrogens is 2. The van der Waals surface area contributed by atoms with Crippen LogP contribution in [0.2, 0.25) is 0 Å². The predicted molar refractivity (Wildman–Crippen MR) is 189 cm³/mol. The Kier molecular flexibility index (Phi) is 10.8. The van der Waals surface area contributed by atoms with Crippen molar-refractivity contribution in [3.05, 3.63) is 77.9 Å². The number of Topliss-reactive ketones (excluding diaryl/α,β-unsaturated/α-hetero) is 1. The Hall–Kier alpha value is -4.12. The quantitative estimate of drug-likeness (QED) is 0.126. The molecule has 2 fully saturated rings. The number of carbonyl (C=O) groups excluding carboxylic acids is 1. The third-order valence-electron chi connectivity index (χ3n) is 10.1. The number of benzene rings is 3. The lowest BCUT2D eigenvalue weighted by Crippen LogP contribution is -2.42. The van der Waals surface area contributed by atoms with Crippen LogP contribution in [-0.4, -0.2) is 93.0 Å². The van der Waals surface area contributed by atoms with Crippen molar-refractivity contribution in [1.29, 1.82) is 0 Å². The highest BCUT2D eigenvalue weighted by Crippen LogP contribution is 2.43. The molecule has 48 heavy (non-hydrogen) atoms. The lowest BCUT2D eigenvalue weighted by atomic mass is 9.75. The van der Waals surface area contributed by atoms with Gasteiger partial charge in [-0.15, -0.1) is 0 Å². The molecule has 256 valence electrons. The van der Waals surface area contributed by atoms with E-state index in [1.807, 2.05) is 13.0 Å². The van der Waals surface area contributed by atoms with Crippen LogP contribution in [0.4, 0.5) is 5.95 Å². The maximum absolute atomic E-state index is 14.0. The van der Waals surface area contributed by atoms with E-state index in [4.69, 9.17) is 23.9 Å². The van der Waals surface area contributed by atoms with Crippen LogP contribution in [0.3, 0.4) is 0 Å². The van der Waals surface area contributed by atoms with Gasteiger partial charge in [0.2, 0.25) is 11.7 Å². The smallest absolute Gasteiger partial charge is 0.204 e. The van der Waals surface area contributed by atoms with Gasteiger partial charge in [0, 0.05) is 44.2 Å². The van der Waals surface area contributed by atoms with Gasteiger partial charge < -0.3 is 39.0 Å². The Bertz CT molecular complexity index is 1670. The number of nitrogens with one attached hydrogen (secondary N) is 2. The summed E-state index contributed by atoms with van der Waals surface area (Å²) in [5.74, 6) is 2.30. The summed E-state index contributed by atoms with van der Waals surface area (Å²) in [5, 5.41) is 7.36. The zero-order valence-electron chi connectivity index (χ0n) is 28.7. The topological polar surface area (TPSA) is 99.1 Å². The Morgan fingerprint density at radius 2 is 1.69 bits per heavy atom. The summed E-state index contributed by atoms with van der Waals surface area (Å²) in [6.45, 7) is 7.90. The molecule has 3 aromatic carbocycles. The zero-order valence-corrected chi connectivity index (χ0v) is 28.7. The van der Waals surface area contributed by atoms with Crippen LogP contribution < -0.4 is 24.8 Å². The van der Waals surface area contributed by atoms with Crippen molar-refractivity contribution in [1.82, 2.24) is 19.8 Å². The third kappa shape index (κ3) is 7.02. The van der Waals surface area contributed by atoms with Gasteiger partial charge in [0.25, 0.3) is 0 Å². The Balaban J connectivity index is 1.11. The Labute approximate surface area is 283 Å². The van der Waals surface area contributed by atoms with Crippen LogP contribution in [0.1, 0.15) is 48.5 Å². The number of anilines is 1. The minimum atomic E-state index is -0.339. The van der Waals surface area contributed by atoms with Gasteiger partial charge in [0.1, 0.15) is 0 Å². The monoisotopic (exact) mass is 655 g/mol. The molecule has 10 nitrogen and oxygen atoms in total. The first-order chi connectivity index (χ1) is 23.5. The second kappa shape index (κ2) is 15.4. The standard InChI is InChI=1S/C38H49N5O5/c1-5-48-24-23-43-32-14-10-9-13-30(32)41-37(43)40-28-17-20-42(21-18-28)22-19-38(27-11-7-6-8-12-27)25-31(39-26-38)34(44)29-15-16-33(45-2)36(47-4)35(29)46-3/h6-16,28,31,39H,5,17-26H2,1-4H3,(H,40,41). The molecule has 0 amide bonds. The molecule has 3 heterocycles. The van der Waals surface area contributed by atoms with Crippen LogP contribution in [0.25, 0.3) is 11.0 Å². The summed E-state index contributed by atoms with van der Waals surface area (Å²) in [6.07, 6.45) is 3.77. The van der Waals surface area contributed by atoms with Crippen molar-refractivity contribution in [3.8, 4) is 17.2 Å². The summed E-state index contributed by atoms with van der Waals surface area (Å²) in [6, 6.07) is 22.5. The van der Waals surface area contributed by atoms with Gasteiger partial charge in [0.05, 0.1) is 50.6 Å². The number of ether oxygens (including phenoxy) is 4. The SMILES string of the molecule is CCOCCn1c(NC2CCN(CCC3(c4ccccc4)CNC(C(=O)c4ccc(OC)c(OC)c4OC)C3)CC2)nc2ccccc21.